The molecule has 0 radical (unpaired) electrons. The number of halogens is 1. The minimum Gasteiger partial charge on any atom is -0.495 e. The number of anilines is 1. The Morgan fingerprint density at radius 1 is 1.43 bits per heavy atom. The summed E-state index contributed by atoms with van der Waals surface area (Å²) in [5, 5.41) is 3.35. The molecule has 0 fully saturated rings. The Labute approximate surface area is 93.8 Å². The van der Waals surface area contributed by atoms with Crippen molar-refractivity contribution < 1.29 is 4.74 Å². The van der Waals surface area contributed by atoms with Gasteiger partial charge in [0.1, 0.15) is 5.75 Å². The Balaban J connectivity index is 2.67. The van der Waals surface area contributed by atoms with Crippen molar-refractivity contribution in [3.63, 3.8) is 0 Å². The summed E-state index contributed by atoms with van der Waals surface area (Å²) < 4.78 is 6.31. The van der Waals surface area contributed by atoms with Gasteiger partial charge in [0.2, 0.25) is 0 Å². The highest BCUT2D eigenvalue weighted by molar-refractivity contribution is 9.10. The highest BCUT2D eigenvalue weighted by atomic mass is 79.9. The van der Waals surface area contributed by atoms with Gasteiger partial charge in [0.05, 0.1) is 12.8 Å². The fraction of sp³-hybridized carbons (Fsp3) is 0.455. The van der Waals surface area contributed by atoms with E-state index in [-0.39, 0.29) is 0 Å². The van der Waals surface area contributed by atoms with Crippen LogP contribution < -0.4 is 10.1 Å². The Hall–Kier alpha value is -0.700. The molecule has 2 nitrogen and oxygen atoms in total. The Kier molecular flexibility index (Phi) is 4.80. The van der Waals surface area contributed by atoms with E-state index in [1.165, 1.54) is 12.8 Å². The molecule has 14 heavy (non-hydrogen) atoms. The first-order valence-corrected chi connectivity index (χ1v) is 5.64. The summed E-state index contributed by atoms with van der Waals surface area (Å²) in [7, 11) is 1.69. The van der Waals surface area contributed by atoms with Crippen molar-refractivity contribution in [1.29, 1.82) is 0 Å². The van der Waals surface area contributed by atoms with Gasteiger partial charge >= 0.3 is 0 Å². The Bertz CT molecular complexity index is 289. The minimum absolute atomic E-state index is 0.893. The fourth-order valence-corrected chi connectivity index (χ4v) is 1.58. The molecule has 0 spiro atoms. The maximum atomic E-state index is 5.25. The molecular formula is C11H16BrNO. The summed E-state index contributed by atoms with van der Waals surface area (Å²) >= 11 is 3.44. The molecule has 1 N–H and O–H groups in total. The first-order valence-electron chi connectivity index (χ1n) is 4.85. The molecule has 3 heteroatoms. The highest BCUT2D eigenvalue weighted by Crippen LogP contribution is 2.27. The number of ether oxygens (including phenoxy) is 1. The third-order valence-corrected chi connectivity index (χ3v) is 2.50. The van der Waals surface area contributed by atoms with Crippen LogP contribution in [0.3, 0.4) is 0 Å². The van der Waals surface area contributed by atoms with Crippen molar-refractivity contribution in [3.05, 3.63) is 22.7 Å². The van der Waals surface area contributed by atoms with Gasteiger partial charge in [-0.15, -0.1) is 0 Å². The normalized spacial score (nSPS) is 9.93. The van der Waals surface area contributed by atoms with E-state index in [2.05, 4.69) is 28.2 Å². The van der Waals surface area contributed by atoms with Gasteiger partial charge in [0.25, 0.3) is 0 Å². The second kappa shape index (κ2) is 5.91. The van der Waals surface area contributed by atoms with E-state index < -0.39 is 0 Å². The molecule has 1 aromatic rings. The van der Waals surface area contributed by atoms with Crippen LogP contribution in [0.2, 0.25) is 0 Å². The van der Waals surface area contributed by atoms with E-state index in [1.54, 1.807) is 7.11 Å². The lowest BCUT2D eigenvalue weighted by molar-refractivity contribution is 0.416. The number of rotatable bonds is 5. The molecule has 0 aromatic heterocycles. The summed E-state index contributed by atoms with van der Waals surface area (Å²) in [6, 6.07) is 5.97. The summed E-state index contributed by atoms with van der Waals surface area (Å²) in [6.45, 7) is 3.17. The predicted molar refractivity (Wildman–Crippen MR) is 64.1 cm³/mol. The van der Waals surface area contributed by atoms with E-state index in [9.17, 15) is 0 Å². The highest BCUT2D eigenvalue weighted by Gasteiger charge is 2.01. The van der Waals surface area contributed by atoms with E-state index >= 15 is 0 Å². The van der Waals surface area contributed by atoms with Crippen LogP contribution in [-0.4, -0.2) is 13.7 Å². The van der Waals surface area contributed by atoms with Crippen LogP contribution in [0.5, 0.6) is 5.75 Å². The summed E-state index contributed by atoms with van der Waals surface area (Å²) in [5.74, 6) is 0.893. The second-order valence-corrected chi connectivity index (χ2v) is 4.04. The first kappa shape index (κ1) is 11.4. The average molecular weight is 258 g/mol. The van der Waals surface area contributed by atoms with E-state index in [4.69, 9.17) is 4.74 Å². The van der Waals surface area contributed by atoms with Crippen LogP contribution >= 0.6 is 15.9 Å². The summed E-state index contributed by atoms with van der Waals surface area (Å²) in [6.07, 6.45) is 2.37. The Morgan fingerprint density at radius 3 is 2.86 bits per heavy atom. The average Bonchev–Trinajstić information content (AvgIpc) is 2.19. The van der Waals surface area contributed by atoms with Gasteiger partial charge in [-0.1, -0.05) is 29.3 Å². The SMILES string of the molecule is CCCCNc1cc(Br)ccc1OC. The smallest absolute Gasteiger partial charge is 0.142 e. The summed E-state index contributed by atoms with van der Waals surface area (Å²) in [4.78, 5) is 0. The number of methoxy groups -OCH3 is 1. The molecule has 1 rings (SSSR count). The second-order valence-electron chi connectivity index (χ2n) is 3.12. The van der Waals surface area contributed by atoms with Crippen molar-refractivity contribution in [1.82, 2.24) is 0 Å². The van der Waals surface area contributed by atoms with Crippen molar-refractivity contribution in [3.8, 4) is 5.75 Å². The molecule has 1 aromatic carbocycles. The molecule has 0 amide bonds. The van der Waals surface area contributed by atoms with Gasteiger partial charge in [0, 0.05) is 11.0 Å². The maximum Gasteiger partial charge on any atom is 0.142 e. The molecule has 0 aliphatic heterocycles. The zero-order valence-corrected chi connectivity index (χ0v) is 10.2. The molecular weight excluding hydrogens is 242 g/mol. The van der Waals surface area contributed by atoms with Gasteiger partial charge < -0.3 is 10.1 Å². The molecule has 0 saturated heterocycles. The van der Waals surface area contributed by atoms with Gasteiger partial charge in [-0.3, -0.25) is 0 Å². The van der Waals surface area contributed by atoms with Crippen molar-refractivity contribution in [2.45, 2.75) is 19.8 Å². The van der Waals surface area contributed by atoms with Crippen molar-refractivity contribution in [2.75, 3.05) is 19.0 Å². The van der Waals surface area contributed by atoms with Gasteiger partial charge in [-0.05, 0) is 24.6 Å². The number of unbranched alkanes of at least 4 members (excludes halogenated alkanes) is 1. The van der Waals surface area contributed by atoms with Crippen molar-refractivity contribution >= 4 is 21.6 Å². The molecule has 0 bridgehead atoms. The molecule has 0 atom stereocenters. The molecule has 0 saturated carbocycles. The van der Waals surface area contributed by atoms with Crippen LogP contribution in [0.15, 0.2) is 22.7 Å². The molecule has 0 unspecified atom stereocenters. The number of benzene rings is 1. The number of hydrogen-bond acceptors (Lipinski definition) is 2. The van der Waals surface area contributed by atoms with Crippen molar-refractivity contribution in [2.24, 2.45) is 0 Å². The number of hydrogen-bond donors (Lipinski definition) is 1. The monoisotopic (exact) mass is 257 g/mol. The number of nitrogens with one attached hydrogen (secondary N) is 1. The van der Waals surface area contributed by atoms with Gasteiger partial charge in [0.15, 0.2) is 0 Å². The third-order valence-electron chi connectivity index (χ3n) is 2.01. The van der Waals surface area contributed by atoms with E-state index in [0.29, 0.717) is 0 Å². The quantitative estimate of drug-likeness (QED) is 0.813. The molecule has 0 heterocycles. The Morgan fingerprint density at radius 2 is 2.21 bits per heavy atom. The third kappa shape index (κ3) is 3.22. The molecule has 0 aliphatic rings. The van der Waals surface area contributed by atoms with E-state index in [1.807, 2.05) is 18.2 Å². The minimum atomic E-state index is 0.893. The fourth-order valence-electron chi connectivity index (χ4n) is 1.22. The molecule has 78 valence electrons. The van der Waals surface area contributed by atoms with Crippen LogP contribution in [0.4, 0.5) is 5.69 Å². The van der Waals surface area contributed by atoms with Crippen LogP contribution in [0.25, 0.3) is 0 Å². The van der Waals surface area contributed by atoms with Gasteiger partial charge in [-0.2, -0.15) is 0 Å². The topological polar surface area (TPSA) is 21.3 Å². The van der Waals surface area contributed by atoms with Gasteiger partial charge in [-0.25, -0.2) is 0 Å². The van der Waals surface area contributed by atoms with Crippen LogP contribution in [0.1, 0.15) is 19.8 Å². The summed E-state index contributed by atoms with van der Waals surface area (Å²) in [5.41, 5.74) is 1.05. The molecule has 0 aliphatic carbocycles. The zero-order chi connectivity index (χ0) is 10.4. The lowest BCUT2D eigenvalue weighted by atomic mass is 10.2. The van der Waals surface area contributed by atoms with E-state index in [0.717, 1.165) is 22.5 Å². The lowest BCUT2D eigenvalue weighted by Gasteiger charge is -2.10. The maximum absolute atomic E-state index is 5.25. The van der Waals surface area contributed by atoms with Crippen LogP contribution in [-0.2, 0) is 0 Å². The first-order chi connectivity index (χ1) is 6.77. The van der Waals surface area contributed by atoms with Crippen LogP contribution in [0, 0.1) is 0 Å². The largest absolute Gasteiger partial charge is 0.495 e. The standard InChI is InChI=1S/C11H16BrNO/c1-3-4-7-13-10-8-9(12)5-6-11(10)14-2/h5-6,8,13H,3-4,7H2,1-2H3. The zero-order valence-electron chi connectivity index (χ0n) is 8.64. The lowest BCUT2D eigenvalue weighted by Crippen LogP contribution is -2.02. The predicted octanol–water partition coefficient (Wildman–Crippen LogP) is 3.67.